The topological polar surface area (TPSA) is 109 Å². The van der Waals surface area contributed by atoms with Crippen molar-refractivity contribution in [3.8, 4) is 5.75 Å². The van der Waals surface area contributed by atoms with Gasteiger partial charge in [0.15, 0.2) is 0 Å². The number of ether oxygens (including phenoxy) is 1. The molecule has 226 valence electrons. The maximum atomic E-state index is 14.5. The van der Waals surface area contributed by atoms with Crippen LogP contribution in [-0.2, 0) is 4.79 Å². The SMILES string of the molecule is CCN(C(=O)Oc1ccc(F)cc1)C1CN(C(=O)C2CCN(c3ccc(C(N)=O)cn3)CC2)CC1c1ccc(Cl)c(F)c1. The number of nitrogens with two attached hydrogens (primary N) is 1. The van der Waals surface area contributed by atoms with E-state index >= 15 is 0 Å². The van der Waals surface area contributed by atoms with Crippen LogP contribution >= 0.6 is 11.6 Å². The number of carbonyl (C=O) groups is 3. The summed E-state index contributed by atoms with van der Waals surface area (Å²) in [6.45, 7) is 3.83. The third-order valence-corrected chi connectivity index (χ3v) is 8.47. The van der Waals surface area contributed by atoms with Crippen LogP contribution in [-0.4, -0.2) is 71.5 Å². The maximum absolute atomic E-state index is 14.5. The number of likely N-dealkylation sites (tertiary alicyclic amines) is 1. The van der Waals surface area contributed by atoms with Gasteiger partial charge in [-0.2, -0.15) is 0 Å². The van der Waals surface area contributed by atoms with Crippen LogP contribution in [0.4, 0.5) is 19.4 Å². The predicted molar refractivity (Wildman–Crippen MR) is 157 cm³/mol. The molecule has 3 aromatic rings. The Morgan fingerprint density at radius 3 is 2.37 bits per heavy atom. The number of amides is 3. The summed E-state index contributed by atoms with van der Waals surface area (Å²) in [4.78, 5) is 48.1. The molecular formula is C31H32ClF2N5O4. The first-order chi connectivity index (χ1) is 20.6. The first-order valence-corrected chi connectivity index (χ1v) is 14.5. The van der Waals surface area contributed by atoms with Crippen molar-refractivity contribution in [3.63, 3.8) is 0 Å². The second-order valence-corrected chi connectivity index (χ2v) is 11.1. The molecule has 2 unspecified atom stereocenters. The molecule has 3 heterocycles. The highest BCUT2D eigenvalue weighted by molar-refractivity contribution is 6.30. The van der Waals surface area contributed by atoms with Gasteiger partial charge in [0.2, 0.25) is 11.8 Å². The van der Waals surface area contributed by atoms with E-state index < -0.39 is 29.7 Å². The monoisotopic (exact) mass is 611 g/mol. The lowest BCUT2D eigenvalue weighted by Crippen LogP contribution is -2.47. The smallest absolute Gasteiger partial charge is 0.410 e. The summed E-state index contributed by atoms with van der Waals surface area (Å²) in [7, 11) is 0. The number of halogens is 3. The molecule has 12 heteroatoms. The molecule has 3 amide bonds. The minimum absolute atomic E-state index is 0.0141. The van der Waals surface area contributed by atoms with E-state index in [1.54, 1.807) is 30.0 Å². The van der Waals surface area contributed by atoms with Gasteiger partial charge in [-0.15, -0.1) is 0 Å². The molecule has 0 spiro atoms. The molecule has 2 saturated heterocycles. The largest absolute Gasteiger partial charge is 0.415 e. The van der Waals surface area contributed by atoms with Gasteiger partial charge in [0.05, 0.1) is 16.6 Å². The molecule has 2 aliphatic rings. The number of likely N-dealkylation sites (N-methyl/N-ethyl adjacent to an activating group) is 1. The second-order valence-electron chi connectivity index (χ2n) is 10.7. The normalized spacial score (nSPS) is 18.9. The van der Waals surface area contributed by atoms with Crippen LogP contribution in [0, 0.1) is 17.6 Å². The number of benzene rings is 2. The summed E-state index contributed by atoms with van der Waals surface area (Å²) in [6.07, 6.45) is 2.00. The van der Waals surface area contributed by atoms with Crippen LogP contribution in [0.15, 0.2) is 60.8 Å². The van der Waals surface area contributed by atoms with Gasteiger partial charge in [-0.05, 0) is 73.9 Å². The summed E-state index contributed by atoms with van der Waals surface area (Å²) in [5, 5.41) is -0.0141. The molecule has 0 bridgehead atoms. The average Bonchev–Trinajstić information content (AvgIpc) is 3.45. The van der Waals surface area contributed by atoms with Gasteiger partial charge in [-0.1, -0.05) is 17.7 Å². The van der Waals surface area contributed by atoms with Crippen LogP contribution in [0.3, 0.4) is 0 Å². The maximum Gasteiger partial charge on any atom is 0.415 e. The summed E-state index contributed by atoms with van der Waals surface area (Å²) >= 11 is 5.94. The van der Waals surface area contributed by atoms with E-state index in [0.717, 1.165) is 0 Å². The number of piperidine rings is 1. The Morgan fingerprint density at radius 2 is 1.77 bits per heavy atom. The van der Waals surface area contributed by atoms with Gasteiger partial charge in [-0.3, -0.25) is 9.59 Å². The highest BCUT2D eigenvalue weighted by Gasteiger charge is 2.43. The molecule has 1 aromatic heterocycles. The van der Waals surface area contributed by atoms with Crippen molar-refractivity contribution in [2.45, 2.75) is 31.7 Å². The summed E-state index contributed by atoms with van der Waals surface area (Å²) < 4.78 is 33.4. The number of nitrogens with zero attached hydrogens (tertiary/aromatic N) is 4. The Bertz CT molecular complexity index is 1480. The van der Waals surface area contributed by atoms with E-state index in [9.17, 15) is 23.2 Å². The van der Waals surface area contributed by atoms with Crippen molar-refractivity contribution in [1.82, 2.24) is 14.8 Å². The molecule has 2 fully saturated rings. The Hall–Kier alpha value is -4.25. The van der Waals surface area contributed by atoms with Gasteiger partial charge in [0, 0.05) is 50.8 Å². The van der Waals surface area contributed by atoms with Crippen molar-refractivity contribution in [3.05, 3.63) is 88.6 Å². The van der Waals surface area contributed by atoms with E-state index in [-0.39, 0.29) is 41.6 Å². The Balaban J connectivity index is 1.31. The molecule has 2 aliphatic heterocycles. The van der Waals surface area contributed by atoms with Crippen LogP contribution in [0.1, 0.15) is 41.6 Å². The van der Waals surface area contributed by atoms with Gasteiger partial charge in [-0.25, -0.2) is 18.6 Å². The zero-order valence-electron chi connectivity index (χ0n) is 23.6. The lowest BCUT2D eigenvalue weighted by atomic mass is 9.93. The summed E-state index contributed by atoms with van der Waals surface area (Å²) in [6, 6.07) is 12.6. The van der Waals surface area contributed by atoms with Crippen LogP contribution in [0.2, 0.25) is 5.02 Å². The van der Waals surface area contributed by atoms with Crippen LogP contribution in [0.5, 0.6) is 5.75 Å². The Labute approximate surface area is 253 Å². The van der Waals surface area contributed by atoms with Crippen LogP contribution < -0.4 is 15.4 Å². The molecule has 2 N–H and O–H groups in total. The number of rotatable bonds is 7. The van der Waals surface area contributed by atoms with Crippen molar-refractivity contribution in [2.75, 3.05) is 37.6 Å². The third kappa shape index (κ3) is 6.72. The lowest BCUT2D eigenvalue weighted by Gasteiger charge is -2.34. The Kier molecular flexibility index (Phi) is 9.10. The molecular weight excluding hydrogens is 580 g/mol. The number of primary amides is 1. The molecule has 2 atom stereocenters. The molecule has 0 aliphatic carbocycles. The molecule has 0 saturated carbocycles. The van der Waals surface area contributed by atoms with Crippen LogP contribution in [0.25, 0.3) is 0 Å². The fourth-order valence-electron chi connectivity index (χ4n) is 5.85. The third-order valence-electron chi connectivity index (χ3n) is 8.17. The second kappa shape index (κ2) is 12.9. The van der Waals surface area contributed by atoms with Crippen molar-refractivity contribution < 1.29 is 27.9 Å². The molecule has 9 nitrogen and oxygen atoms in total. The van der Waals surface area contributed by atoms with Crippen molar-refractivity contribution in [1.29, 1.82) is 0 Å². The lowest BCUT2D eigenvalue weighted by molar-refractivity contribution is -0.135. The first-order valence-electron chi connectivity index (χ1n) is 14.1. The number of pyridine rings is 1. The van der Waals surface area contributed by atoms with E-state index in [2.05, 4.69) is 9.88 Å². The minimum atomic E-state index is -0.643. The van der Waals surface area contributed by atoms with Gasteiger partial charge in [0.25, 0.3) is 0 Å². The zero-order chi connectivity index (χ0) is 30.7. The summed E-state index contributed by atoms with van der Waals surface area (Å²) in [5.74, 6) is -1.32. The molecule has 5 rings (SSSR count). The highest BCUT2D eigenvalue weighted by atomic mass is 35.5. The molecule has 2 aromatic carbocycles. The first kappa shape index (κ1) is 30.2. The number of hydrogen-bond acceptors (Lipinski definition) is 6. The fraction of sp³-hybridized carbons (Fsp3) is 0.355. The molecule has 43 heavy (non-hydrogen) atoms. The number of aromatic nitrogens is 1. The standard InChI is InChI=1S/C31H32ClF2N5O4/c1-2-39(31(42)43-23-7-5-22(33)6-8-23)27-18-38(17-24(27)20-3-9-25(32)26(34)15-20)30(41)19-11-13-37(14-12-19)28-10-4-21(16-36-28)29(35)40/h3-10,15-16,19,24,27H,2,11-14,17-18H2,1H3,(H2,35,40). The number of anilines is 1. The fourth-order valence-corrected chi connectivity index (χ4v) is 5.96. The molecule has 0 radical (unpaired) electrons. The Morgan fingerprint density at radius 1 is 1.05 bits per heavy atom. The van der Waals surface area contributed by atoms with E-state index in [0.29, 0.717) is 49.4 Å². The van der Waals surface area contributed by atoms with Gasteiger partial charge >= 0.3 is 6.09 Å². The van der Waals surface area contributed by atoms with Gasteiger partial charge < -0.3 is 25.2 Å². The number of hydrogen-bond donors (Lipinski definition) is 1. The summed E-state index contributed by atoms with van der Waals surface area (Å²) in [5.41, 5.74) is 6.26. The van der Waals surface area contributed by atoms with E-state index in [4.69, 9.17) is 22.1 Å². The van der Waals surface area contributed by atoms with Crippen molar-refractivity contribution in [2.24, 2.45) is 11.7 Å². The quantitative estimate of drug-likeness (QED) is 0.409. The average molecular weight is 612 g/mol. The van der Waals surface area contributed by atoms with E-state index in [1.165, 1.54) is 47.5 Å². The minimum Gasteiger partial charge on any atom is -0.410 e. The number of carbonyl (C=O) groups excluding carboxylic acids is 3. The van der Waals surface area contributed by atoms with E-state index in [1.807, 2.05) is 0 Å². The van der Waals surface area contributed by atoms with Crippen molar-refractivity contribution >= 4 is 35.3 Å². The zero-order valence-corrected chi connectivity index (χ0v) is 24.3. The highest BCUT2D eigenvalue weighted by Crippen LogP contribution is 2.35. The van der Waals surface area contributed by atoms with Gasteiger partial charge in [0.1, 0.15) is 23.2 Å². The predicted octanol–water partition coefficient (Wildman–Crippen LogP) is 4.84.